The number of nitrogens with zero attached hydrogens (tertiary/aromatic N) is 2. The van der Waals surface area contributed by atoms with Crippen molar-refractivity contribution in [3.05, 3.63) is 18.2 Å². The van der Waals surface area contributed by atoms with Crippen LogP contribution in [0.2, 0.25) is 0 Å². The lowest BCUT2D eigenvalue weighted by Gasteiger charge is -1.84. The average Bonchev–Trinajstić information content (AvgIpc) is 2.14. The second kappa shape index (κ2) is 1.94. The molecule has 0 fully saturated rings. The minimum Gasteiger partial charge on any atom is -0.300 e. The lowest BCUT2D eigenvalue weighted by molar-refractivity contribution is 0.375. The first-order chi connectivity index (χ1) is 3.83. The first-order valence-electron chi connectivity index (χ1n) is 2.30. The summed E-state index contributed by atoms with van der Waals surface area (Å²) >= 11 is 0. The Hall–Kier alpha value is -0.860. The number of rotatable bonds is 1. The van der Waals surface area contributed by atoms with Gasteiger partial charge >= 0.3 is 0 Å². The molecule has 0 N–H and O–H groups in total. The lowest BCUT2D eigenvalue weighted by Crippen LogP contribution is -1.85. The first kappa shape index (κ1) is 5.28. The normalized spacial score (nSPS) is 9.75. The van der Waals surface area contributed by atoms with Gasteiger partial charge in [0, 0.05) is 6.20 Å². The van der Waals surface area contributed by atoms with Crippen molar-refractivity contribution in [2.24, 2.45) is 0 Å². The van der Waals surface area contributed by atoms with Crippen LogP contribution in [-0.4, -0.2) is 9.55 Å². The molecule has 0 aliphatic rings. The van der Waals surface area contributed by atoms with E-state index in [4.69, 9.17) is 0 Å². The molecule has 0 saturated carbocycles. The third kappa shape index (κ3) is 0.857. The van der Waals surface area contributed by atoms with Crippen molar-refractivity contribution in [1.82, 2.24) is 9.55 Å². The summed E-state index contributed by atoms with van der Waals surface area (Å²) in [5.41, 5.74) is 0.794. The fourth-order valence-electron chi connectivity index (χ4n) is 0.488. The van der Waals surface area contributed by atoms with Crippen LogP contribution in [-0.2, 0) is 6.80 Å². The van der Waals surface area contributed by atoms with Gasteiger partial charge in [-0.3, -0.25) is 4.57 Å². The van der Waals surface area contributed by atoms with E-state index in [1.807, 2.05) is 0 Å². The number of alkyl halides is 1. The molecular weight excluding hydrogens is 107 g/mol. The highest BCUT2D eigenvalue weighted by Gasteiger charge is 1.89. The van der Waals surface area contributed by atoms with E-state index < -0.39 is 6.80 Å². The van der Waals surface area contributed by atoms with Crippen LogP contribution >= 0.6 is 0 Å². The highest BCUT2D eigenvalue weighted by atomic mass is 19.1. The van der Waals surface area contributed by atoms with Crippen molar-refractivity contribution in [2.45, 2.75) is 13.7 Å². The second-order valence-corrected chi connectivity index (χ2v) is 1.57. The predicted octanol–water partition coefficient (Wildman–Crippen LogP) is 0.919. The van der Waals surface area contributed by atoms with Crippen LogP contribution in [0.5, 0.6) is 0 Å². The van der Waals surface area contributed by atoms with Crippen molar-refractivity contribution in [3.8, 4) is 0 Å². The maximum absolute atomic E-state index is 11.6. The number of imidazole rings is 1. The molecule has 1 heterocycles. The van der Waals surface area contributed by atoms with Crippen LogP contribution in [0, 0.1) is 13.3 Å². The molecule has 1 aromatic rings. The summed E-state index contributed by atoms with van der Waals surface area (Å²) in [4.78, 5) is 3.69. The van der Waals surface area contributed by atoms with Crippen molar-refractivity contribution in [1.29, 1.82) is 0 Å². The third-order valence-corrected chi connectivity index (χ3v) is 0.826. The molecule has 1 radical (unpaired) electrons. The van der Waals surface area contributed by atoms with Gasteiger partial charge in [-0.1, -0.05) is 0 Å². The number of hydrogen-bond donors (Lipinski definition) is 0. The highest BCUT2D eigenvalue weighted by Crippen LogP contribution is 1.91. The van der Waals surface area contributed by atoms with Crippen molar-refractivity contribution >= 4 is 0 Å². The fraction of sp³-hybridized carbons (Fsp3) is 0.400. The van der Waals surface area contributed by atoms with Gasteiger partial charge in [0.2, 0.25) is 0 Å². The van der Waals surface area contributed by atoms with Gasteiger partial charge < -0.3 is 0 Å². The van der Waals surface area contributed by atoms with Crippen LogP contribution in [0.25, 0.3) is 0 Å². The Kier molecular flexibility index (Phi) is 1.28. The van der Waals surface area contributed by atoms with Crippen LogP contribution in [0.4, 0.5) is 4.39 Å². The number of halogens is 1. The van der Waals surface area contributed by atoms with Gasteiger partial charge in [-0.15, -0.1) is 0 Å². The fourth-order valence-corrected chi connectivity index (χ4v) is 0.488. The summed E-state index contributed by atoms with van der Waals surface area (Å²) in [5.74, 6) is 0. The molecule has 0 aliphatic carbocycles. The molecule has 1 aromatic heterocycles. The van der Waals surface area contributed by atoms with Gasteiger partial charge in [0.1, 0.15) is 0 Å². The smallest absolute Gasteiger partial charge is 0.178 e. The Bertz CT molecular complexity index is 171. The van der Waals surface area contributed by atoms with Crippen LogP contribution in [0.15, 0.2) is 6.20 Å². The van der Waals surface area contributed by atoms with Crippen LogP contribution in [0.1, 0.15) is 5.69 Å². The number of aryl methyl sites for hydroxylation is 1. The van der Waals surface area contributed by atoms with Gasteiger partial charge in [-0.25, -0.2) is 9.37 Å². The molecule has 0 saturated heterocycles. The molecule has 1 rings (SSSR count). The predicted molar refractivity (Wildman–Crippen MR) is 26.9 cm³/mol. The Balaban J connectivity index is 2.84. The monoisotopic (exact) mass is 113 g/mol. The van der Waals surface area contributed by atoms with Crippen molar-refractivity contribution < 1.29 is 4.39 Å². The zero-order valence-corrected chi connectivity index (χ0v) is 4.56. The largest absolute Gasteiger partial charge is 0.300 e. The molecule has 0 amide bonds. The summed E-state index contributed by atoms with van der Waals surface area (Å²) in [7, 11) is 0. The maximum atomic E-state index is 11.6. The highest BCUT2D eigenvalue weighted by molar-refractivity contribution is 4.90. The molecule has 0 aliphatic heterocycles. The van der Waals surface area contributed by atoms with Gasteiger partial charge in [-0.05, 0) is 6.92 Å². The van der Waals surface area contributed by atoms with E-state index in [0.717, 1.165) is 5.69 Å². The summed E-state index contributed by atoms with van der Waals surface area (Å²) < 4.78 is 12.9. The zero-order chi connectivity index (χ0) is 5.98. The molecule has 2 nitrogen and oxygen atoms in total. The first-order valence-corrected chi connectivity index (χ1v) is 2.30. The van der Waals surface area contributed by atoms with Crippen molar-refractivity contribution in [2.75, 3.05) is 0 Å². The molecule has 43 valence electrons. The van der Waals surface area contributed by atoms with Crippen LogP contribution in [0.3, 0.4) is 0 Å². The molecule has 3 heteroatoms. The molecule has 0 aromatic carbocycles. The minimum absolute atomic E-state index is 0.541. The quantitative estimate of drug-likeness (QED) is 0.529. The lowest BCUT2D eigenvalue weighted by atomic mass is 10.6. The van der Waals surface area contributed by atoms with Crippen LogP contribution < -0.4 is 0 Å². The second-order valence-electron chi connectivity index (χ2n) is 1.57. The summed E-state index contributed by atoms with van der Waals surface area (Å²) in [6.07, 6.45) is 4.04. The molecule has 0 atom stereocenters. The van der Waals surface area contributed by atoms with E-state index in [1.54, 1.807) is 13.1 Å². The van der Waals surface area contributed by atoms with Gasteiger partial charge in [-0.2, -0.15) is 0 Å². The topological polar surface area (TPSA) is 17.8 Å². The Morgan fingerprint density at radius 2 is 2.75 bits per heavy atom. The summed E-state index contributed by atoms with van der Waals surface area (Å²) in [6.45, 7) is 1.25. The van der Waals surface area contributed by atoms with E-state index in [2.05, 4.69) is 11.3 Å². The van der Waals surface area contributed by atoms with Gasteiger partial charge in [0.15, 0.2) is 13.1 Å². The molecule has 0 spiro atoms. The van der Waals surface area contributed by atoms with Crippen molar-refractivity contribution in [3.63, 3.8) is 0 Å². The molecular formula is C5H6FN2. The van der Waals surface area contributed by atoms with E-state index in [1.165, 1.54) is 4.57 Å². The molecule has 8 heavy (non-hydrogen) atoms. The average molecular weight is 113 g/mol. The number of aromatic nitrogens is 2. The van der Waals surface area contributed by atoms with E-state index in [0.29, 0.717) is 0 Å². The van der Waals surface area contributed by atoms with Gasteiger partial charge in [0.25, 0.3) is 0 Å². The summed E-state index contributed by atoms with van der Waals surface area (Å²) in [5, 5.41) is 0. The van der Waals surface area contributed by atoms with Gasteiger partial charge in [0.05, 0.1) is 5.69 Å². The summed E-state index contributed by atoms with van der Waals surface area (Å²) in [6, 6.07) is 0. The van der Waals surface area contributed by atoms with E-state index >= 15 is 0 Å². The SMILES string of the molecule is Cc1cn(CF)[c]n1. The Morgan fingerprint density at radius 3 is 3.00 bits per heavy atom. The Morgan fingerprint density at radius 1 is 2.00 bits per heavy atom. The minimum atomic E-state index is -0.541. The van der Waals surface area contributed by atoms with E-state index in [-0.39, 0.29) is 0 Å². The third-order valence-electron chi connectivity index (χ3n) is 0.826. The molecule has 0 bridgehead atoms. The zero-order valence-electron chi connectivity index (χ0n) is 4.56. The standard InChI is InChI=1S/C5H6FN2/c1-5-2-8(3-6)4-7-5/h2H,3H2,1H3. The Labute approximate surface area is 47.0 Å². The number of hydrogen-bond acceptors (Lipinski definition) is 1. The molecule has 0 unspecified atom stereocenters. The van der Waals surface area contributed by atoms with E-state index in [9.17, 15) is 4.39 Å². The maximum Gasteiger partial charge on any atom is 0.178 e.